The highest BCUT2D eigenvalue weighted by molar-refractivity contribution is 5.72. The van der Waals surface area contributed by atoms with Crippen molar-refractivity contribution in [3.05, 3.63) is 35.4 Å². The summed E-state index contributed by atoms with van der Waals surface area (Å²) >= 11 is 0. The predicted octanol–water partition coefficient (Wildman–Crippen LogP) is 3.07. The van der Waals surface area contributed by atoms with E-state index in [-0.39, 0.29) is 24.7 Å². The van der Waals surface area contributed by atoms with Crippen LogP contribution in [0.5, 0.6) is 0 Å². The first kappa shape index (κ1) is 18.8. The molecule has 0 amide bonds. The van der Waals surface area contributed by atoms with Crippen molar-refractivity contribution in [2.45, 2.75) is 32.8 Å². The predicted molar refractivity (Wildman–Crippen MR) is 87.1 cm³/mol. The number of halogens is 2. The van der Waals surface area contributed by atoms with Crippen LogP contribution in [0, 0.1) is 5.92 Å². The summed E-state index contributed by atoms with van der Waals surface area (Å²) < 4.78 is 36.2. The highest BCUT2D eigenvalue weighted by Crippen LogP contribution is 2.19. The first-order valence-electron chi connectivity index (χ1n) is 8.30. The lowest BCUT2D eigenvalue weighted by atomic mass is 10.1. The van der Waals surface area contributed by atoms with E-state index < -0.39 is 12.4 Å². The lowest BCUT2D eigenvalue weighted by Gasteiger charge is -2.33. The summed E-state index contributed by atoms with van der Waals surface area (Å²) in [5.74, 6) is 0.152. The fraction of sp³-hybridized carbons (Fsp3) is 0.611. The Morgan fingerprint density at radius 2 is 2.21 bits per heavy atom. The normalized spacial score (nSPS) is 19.0. The molecule has 0 bridgehead atoms. The summed E-state index contributed by atoms with van der Waals surface area (Å²) in [5, 5.41) is 0. The molecule has 0 aliphatic carbocycles. The van der Waals surface area contributed by atoms with Crippen LogP contribution in [0.15, 0.2) is 24.3 Å². The first-order chi connectivity index (χ1) is 11.4. The van der Waals surface area contributed by atoms with Gasteiger partial charge in [0.1, 0.15) is 12.7 Å². The minimum atomic E-state index is -2.54. The zero-order chi connectivity index (χ0) is 17.5. The summed E-state index contributed by atoms with van der Waals surface area (Å²) in [6, 6.07) is 5.86. The van der Waals surface area contributed by atoms with E-state index in [1.807, 2.05) is 0 Å². The highest BCUT2D eigenvalue weighted by Gasteiger charge is 2.22. The molecule has 1 aliphatic rings. The third-order valence-electron chi connectivity index (χ3n) is 3.83. The van der Waals surface area contributed by atoms with Crippen molar-refractivity contribution in [1.82, 2.24) is 4.90 Å². The van der Waals surface area contributed by atoms with Crippen molar-refractivity contribution in [1.29, 1.82) is 0 Å². The number of ether oxygens (including phenoxy) is 2. The van der Waals surface area contributed by atoms with Crippen LogP contribution in [0.4, 0.5) is 8.78 Å². The van der Waals surface area contributed by atoms with Gasteiger partial charge in [-0.05, 0) is 17.5 Å². The van der Waals surface area contributed by atoms with Gasteiger partial charge in [0, 0.05) is 25.2 Å². The number of esters is 1. The van der Waals surface area contributed by atoms with E-state index in [0.717, 1.165) is 19.6 Å². The maximum Gasteiger partial charge on any atom is 0.310 e. The second-order valence-electron chi connectivity index (χ2n) is 6.55. The Labute approximate surface area is 141 Å². The van der Waals surface area contributed by atoms with Crippen LogP contribution in [0.3, 0.4) is 0 Å². The van der Waals surface area contributed by atoms with Gasteiger partial charge in [0.2, 0.25) is 0 Å². The summed E-state index contributed by atoms with van der Waals surface area (Å²) in [6.45, 7) is 7.78. The molecule has 1 aliphatic heterocycles. The molecule has 1 aromatic rings. The zero-order valence-electron chi connectivity index (χ0n) is 14.2. The van der Waals surface area contributed by atoms with Gasteiger partial charge in [-0.1, -0.05) is 32.0 Å². The van der Waals surface area contributed by atoms with Gasteiger partial charge in [0.15, 0.2) is 0 Å². The summed E-state index contributed by atoms with van der Waals surface area (Å²) in [5.41, 5.74) is 0.448. The number of morpholine rings is 1. The zero-order valence-corrected chi connectivity index (χ0v) is 14.2. The van der Waals surface area contributed by atoms with E-state index >= 15 is 0 Å². The standard InChI is InChI=1S/C18H25F2NO3/c1-13(2)10-21-6-7-23-16(11-21)12-24-17(22)9-14-4-3-5-15(8-14)18(19)20/h3-5,8,13,16,18H,6-7,9-12H2,1-2H3/t16-/m1/s1. The van der Waals surface area contributed by atoms with Crippen molar-refractivity contribution < 1.29 is 23.0 Å². The van der Waals surface area contributed by atoms with Crippen LogP contribution in [0.2, 0.25) is 0 Å². The SMILES string of the molecule is CC(C)CN1CCO[C@@H](COC(=O)Cc2cccc(C(F)F)c2)C1. The largest absolute Gasteiger partial charge is 0.463 e. The summed E-state index contributed by atoms with van der Waals surface area (Å²) in [4.78, 5) is 14.2. The average Bonchev–Trinajstić information content (AvgIpc) is 2.53. The molecule has 0 spiro atoms. The Bertz CT molecular complexity index is 537. The van der Waals surface area contributed by atoms with E-state index in [1.165, 1.54) is 18.2 Å². The lowest BCUT2D eigenvalue weighted by molar-refractivity contribution is -0.149. The van der Waals surface area contributed by atoms with E-state index in [1.54, 1.807) is 6.07 Å². The molecule has 1 heterocycles. The van der Waals surface area contributed by atoms with Crippen LogP contribution in [0.1, 0.15) is 31.4 Å². The van der Waals surface area contributed by atoms with Gasteiger partial charge >= 0.3 is 5.97 Å². The number of alkyl halides is 2. The van der Waals surface area contributed by atoms with Crippen molar-refractivity contribution in [3.8, 4) is 0 Å². The molecular weight excluding hydrogens is 316 g/mol. The minimum Gasteiger partial charge on any atom is -0.463 e. The first-order valence-corrected chi connectivity index (χ1v) is 8.30. The third-order valence-corrected chi connectivity index (χ3v) is 3.83. The maximum absolute atomic E-state index is 12.7. The topological polar surface area (TPSA) is 38.8 Å². The Hall–Kier alpha value is -1.53. The Kier molecular flexibility index (Phi) is 7.12. The molecule has 0 aromatic heterocycles. The Morgan fingerprint density at radius 3 is 2.92 bits per heavy atom. The van der Waals surface area contributed by atoms with Gasteiger partial charge in [0.25, 0.3) is 6.43 Å². The van der Waals surface area contributed by atoms with Gasteiger partial charge in [-0.2, -0.15) is 0 Å². The molecule has 6 heteroatoms. The number of rotatable bonds is 7. The highest BCUT2D eigenvalue weighted by atomic mass is 19.3. The number of benzene rings is 1. The molecule has 24 heavy (non-hydrogen) atoms. The number of nitrogens with zero attached hydrogens (tertiary/aromatic N) is 1. The fourth-order valence-corrected chi connectivity index (χ4v) is 2.81. The van der Waals surface area contributed by atoms with Gasteiger partial charge in [-0.3, -0.25) is 9.69 Å². The number of carbonyl (C=O) groups excluding carboxylic acids is 1. The van der Waals surface area contributed by atoms with Crippen LogP contribution >= 0.6 is 0 Å². The number of carbonyl (C=O) groups is 1. The number of hydrogen-bond acceptors (Lipinski definition) is 4. The van der Waals surface area contributed by atoms with Gasteiger partial charge in [-0.25, -0.2) is 8.78 Å². The van der Waals surface area contributed by atoms with Crippen molar-refractivity contribution >= 4 is 5.97 Å². The molecule has 2 rings (SSSR count). The van der Waals surface area contributed by atoms with Crippen LogP contribution in [-0.4, -0.2) is 49.8 Å². The third kappa shape index (κ3) is 6.17. The van der Waals surface area contributed by atoms with E-state index in [2.05, 4.69) is 18.7 Å². The second-order valence-corrected chi connectivity index (χ2v) is 6.55. The van der Waals surface area contributed by atoms with Gasteiger partial charge in [-0.15, -0.1) is 0 Å². The molecule has 1 saturated heterocycles. The molecule has 0 saturated carbocycles. The minimum absolute atomic E-state index is 0.0109. The van der Waals surface area contributed by atoms with Gasteiger partial charge < -0.3 is 9.47 Å². The van der Waals surface area contributed by atoms with Crippen molar-refractivity contribution in [3.63, 3.8) is 0 Å². The lowest BCUT2D eigenvalue weighted by Crippen LogP contribution is -2.45. The quantitative estimate of drug-likeness (QED) is 0.715. The van der Waals surface area contributed by atoms with Crippen LogP contribution in [-0.2, 0) is 20.7 Å². The molecule has 134 valence electrons. The van der Waals surface area contributed by atoms with E-state index in [0.29, 0.717) is 18.1 Å². The molecular formula is C18H25F2NO3. The average molecular weight is 341 g/mol. The van der Waals surface area contributed by atoms with E-state index in [9.17, 15) is 13.6 Å². The van der Waals surface area contributed by atoms with Gasteiger partial charge in [0.05, 0.1) is 13.0 Å². The smallest absolute Gasteiger partial charge is 0.310 e. The van der Waals surface area contributed by atoms with Crippen LogP contribution in [0.25, 0.3) is 0 Å². The summed E-state index contributed by atoms with van der Waals surface area (Å²) in [7, 11) is 0. The van der Waals surface area contributed by atoms with Crippen molar-refractivity contribution in [2.75, 3.05) is 32.8 Å². The molecule has 4 nitrogen and oxygen atoms in total. The van der Waals surface area contributed by atoms with Crippen LogP contribution < -0.4 is 0 Å². The second kappa shape index (κ2) is 9.08. The molecule has 0 radical (unpaired) electrons. The van der Waals surface area contributed by atoms with Crippen molar-refractivity contribution in [2.24, 2.45) is 5.92 Å². The number of hydrogen-bond donors (Lipinski definition) is 0. The molecule has 1 fully saturated rings. The Balaban J connectivity index is 1.77. The van der Waals surface area contributed by atoms with E-state index in [4.69, 9.17) is 9.47 Å². The monoisotopic (exact) mass is 341 g/mol. The molecule has 0 unspecified atom stereocenters. The Morgan fingerprint density at radius 1 is 1.42 bits per heavy atom. The molecule has 0 N–H and O–H groups in total. The molecule has 1 atom stereocenters. The maximum atomic E-state index is 12.7. The fourth-order valence-electron chi connectivity index (χ4n) is 2.81. The molecule has 1 aromatic carbocycles. The summed E-state index contributed by atoms with van der Waals surface area (Å²) in [6.07, 6.45) is -2.68.